The van der Waals surface area contributed by atoms with Crippen LogP contribution in [0.4, 0.5) is 0 Å². The standard InChI is InChI=1S/C12H14N4O2/c1-4-18-12(17)10-8(2)7-13-11(14-10)9-5-6-16(3)15-9/h5-7H,4H2,1-3H3. The van der Waals surface area contributed by atoms with Gasteiger partial charge in [0.2, 0.25) is 0 Å². The lowest BCUT2D eigenvalue weighted by Gasteiger charge is -2.05. The lowest BCUT2D eigenvalue weighted by Crippen LogP contribution is -2.10. The van der Waals surface area contributed by atoms with Crippen LogP contribution in [0.1, 0.15) is 23.0 Å². The number of carbonyl (C=O) groups excluding carboxylic acids is 1. The number of carbonyl (C=O) groups is 1. The largest absolute Gasteiger partial charge is 0.461 e. The number of aromatic nitrogens is 4. The molecule has 0 N–H and O–H groups in total. The molecule has 2 aromatic rings. The molecule has 0 spiro atoms. The fourth-order valence-electron chi connectivity index (χ4n) is 1.51. The summed E-state index contributed by atoms with van der Waals surface area (Å²) in [5.41, 5.74) is 1.60. The van der Waals surface area contributed by atoms with Crippen molar-refractivity contribution in [1.29, 1.82) is 0 Å². The highest BCUT2D eigenvalue weighted by Crippen LogP contribution is 2.14. The molecule has 6 nitrogen and oxygen atoms in total. The second kappa shape index (κ2) is 4.95. The Morgan fingerprint density at radius 1 is 1.50 bits per heavy atom. The van der Waals surface area contributed by atoms with E-state index in [0.717, 1.165) is 0 Å². The summed E-state index contributed by atoms with van der Waals surface area (Å²) in [4.78, 5) is 20.1. The zero-order chi connectivity index (χ0) is 13.1. The minimum Gasteiger partial charge on any atom is -0.461 e. The van der Waals surface area contributed by atoms with Crippen molar-refractivity contribution < 1.29 is 9.53 Å². The molecule has 0 aromatic carbocycles. The molecular weight excluding hydrogens is 232 g/mol. The monoisotopic (exact) mass is 246 g/mol. The fourth-order valence-corrected chi connectivity index (χ4v) is 1.51. The van der Waals surface area contributed by atoms with Crippen LogP contribution < -0.4 is 0 Å². The summed E-state index contributed by atoms with van der Waals surface area (Å²) in [6.07, 6.45) is 3.39. The molecule has 0 amide bonds. The molecule has 18 heavy (non-hydrogen) atoms. The van der Waals surface area contributed by atoms with E-state index in [1.165, 1.54) is 0 Å². The number of hydrogen-bond acceptors (Lipinski definition) is 5. The average Bonchev–Trinajstić information content (AvgIpc) is 2.77. The van der Waals surface area contributed by atoms with Gasteiger partial charge in [-0.25, -0.2) is 14.8 Å². The topological polar surface area (TPSA) is 69.9 Å². The summed E-state index contributed by atoms with van der Waals surface area (Å²) in [7, 11) is 1.81. The van der Waals surface area contributed by atoms with Crippen molar-refractivity contribution in [2.75, 3.05) is 6.61 Å². The second-order valence-electron chi connectivity index (χ2n) is 3.82. The molecule has 0 bridgehead atoms. The highest BCUT2D eigenvalue weighted by Gasteiger charge is 2.15. The Labute approximate surface area is 105 Å². The maximum Gasteiger partial charge on any atom is 0.357 e. The van der Waals surface area contributed by atoms with Crippen molar-refractivity contribution in [3.8, 4) is 11.5 Å². The Balaban J connectivity index is 2.40. The molecule has 2 aromatic heterocycles. The first-order valence-corrected chi connectivity index (χ1v) is 5.62. The van der Waals surface area contributed by atoms with Crippen molar-refractivity contribution in [3.05, 3.63) is 29.7 Å². The van der Waals surface area contributed by atoms with Crippen LogP contribution in [0.15, 0.2) is 18.5 Å². The van der Waals surface area contributed by atoms with Crippen LogP contribution >= 0.6 is 0 Å². The zero-order valence-electron chi connectivity index (χ0n) is 10.5. The van der Waals surface area contributed by atoms with E-state index < -0.39 is 5.97 Å². The minimum absolute atomic E-state index is 0.285. The molecule has 0 atom stereocenters. The van der Waals surface area contributed by atoms with E-state index in [1.54, 1.807) is 37.0 Å². The van der Waals surface area contributed by atoms with E-state index in [9.17, 15) is 4.79 Å². The third-order valence-electron chi connectivity index (χ3n) is 2.38. The Bertz CT molecular complexity index is 577. The molecule has 0 fully saturated rings. The Morgan fingerprint density at radius 3 is 2.89 bits per heavy atom. The van der Waals surface area contributed by atoms with Crippen molar-refractivity contribution in [2.24, 2.45) is 7.05 Å². The van der Waals surface area contributed by atoms with Gasteiger partial charge in [0.15, 0.2) is 11.5 Å². The summed E-state index contributed by atoms with van der Waals surface area (Å²) >= 11 is 0. The quantitative estimate of drug-likeness (QED) is 0.765. The van der Waals surface area contributed by atoms with Crippen LogP contribution in [-0.2, 0) is 11.8 Å². The Hall–Kier alpha value is -2.24. The van der Waals surface area contributed by atoms with Crippen molar-refractivity contribution in [1.82, 2.24) is 19.7 Å². The molecule has 2 rings (SSSR count). The first kappa shape index (κ1) is 12.2. The minimum atomic E-state index is -0.436. The Kier molecular flexibility index (Phi) is 3.36. The molecule has 0 aliphatic rings. The van der Waals surface area contributed by atoms with Gasteiger partial charge in [-0.05, 0) is 19.9 Å². The molecule has 0 saturated heterocycles. The normalized spacial score (nSPS) is 10.4. The maximum absolute atomic E-state index is 11.7. The van der Waals surface area contributed by atoms with Crippen LogP contribution in [0, 0.1) is 6.92 Å². The maximum atomic E-state index is 11.7. The van der Waals surface area contributed by atoms with Gasteiger partial charge >= 0.3 is 5.97 Å². The molecule has 0 radical (unpaired) electrons. The van der Waals surface area contributed by atoms with Crippen molar-refractivity contribution in [3.63, 3.8) is 0 Å². The summed E-state index contributed by atoms with van der Waals surface area (Å²) in [6.45, 7) is 3.85. The summed E-state index contributed by atoms with van der Waals surface area (Å²) < 4.78 is 6.61. The van der Waals surface area contributed by atoms with E-state index >= 15 is 0 Å². The Morgan fingerprint density at radius 2 is 2.28 bits per heavy atom. The predicted molar refractivity (Wildman–Crippen MR) is 64.9 cm³/mol. The molecule has 94 valence electrons. The first-order valence-electron chi connectivity index (χ1n) is 5.62. The summed E-state index contributed by atoms with van der Waals surface area (Å²) in [5.74, 6) is -0.0150. The van der Waals surface area contributed by atoms with Gasteiger partial charge in [-0.2, -0.15) is 5.10 Å². The SMILES string of the molecule is CCOC(=O)c1nc(-c2ccn(C)n2)ncc1C. The van der Waals surface area contributed by atoms with E-state index in [1.807, 2.05) is 7.05 Å². The third kappa shape index (κ3) is 2.37. The first-order chi connectivity index (χ1) is 8.61. The van der Waals surface area contributed by atoms with Gasteiger partial charge in [0.25, 0.3) is 0 Å². The van der Waals surface area contributed by atoms with Gasteiger partial charge in [0.1, 0.15) is 5.69 Å². The summed E-state index contributed by atoms with van der Waals surface area (Å²) in [5, 5.41) is 4.20. The molecule has 0 saturated carbocycles. The van der Waals surface area contributed by atoms with Gasteiger partial charge in [-0.3, -0.25) is 4.68 Å². The van der Waals surface area contributed by atoms with Crippen LogP contribution in [0.3, 0.4) is 0 Å². The number of rotatable bonds is 3. The van der Waals surface area contributed by atoms with Gasteiger partial charge in [0, 0.05) is 25.0 Å². The van der Waals surface area contributed by atoms with E-state index in [4.69, 9.17) is 4.74 Å². The van der Waals surface area contributed by atoms with Crippen molar-refractivity contribution in [2.45, 2.75) is 13.8 Å². The van der Waals surface area contributed by atoms with E-state index in [0.29, 0.717) is 23.7 Å². The lowest BCUT2D eigenvalue weighted by atomic mass is 10.2. The lowest BCUT2D eigenvalue weighted by molar-refractivity contribution is 0.0518. The second-order valence-corrected chi connectivity index (χ2v) is 3.82. The number of esters is 1. The van der Waals surface area contributed by atoms with Crippen LogP contribution in [-0.4, -0.2) is 32.3 Å². The molecule has 6 heteroatoms. The molecule has 2 heterocycles. The number of aryl methyl sites for hydroxylation is 2. The molecule has 0 unspecified atom stereocenters. The molecule has 0 aliphatic heterocycles. The van der Waals surface area contributed by atoms with Crippen LogP contribution in [0.2, 0.25) is 0 Å². The highest BCUT2D eigenvalue weighted by atomic mass is 16.5. The molecule has 0 aliphatic carbocycles. The predicted octanol–water partition coefficient (Wildman–Crippen LogP) is 1.36. The average molecular weight is 246 g/mol. The number of nitrogens with zero attached hydrogens (tertiary/aromatic N) is 4. The number of hydrogen-bond donors (Lipinski definition) is 0. The zero-order valence-corrected chi connectivity index (χ0v) is 10.5. The van der Waals surface area contributed by atoms with Gasteiger partial charge < -0.3 is 4.74 Å². The molecular formula is C12H14N4O2. The number of ether oxygens (including phenoxy) is 1. The van der Waals surface area contributed by atoms with Crippen LogP contribution in [0.5, 0.6) is 0 Å². The van der Waals surface area contributed by atoms with Crippen molar-refractivity contribution >= 4 is 5.97 Å². The van der Waals surface area contributed by atoms with Gasteiger partial charge in [-0.1, -0.05) is 0 Å². The smallest absolute Gasteiger partial charge is 0.357 e. The third-order valence-corrected chi connectivity index (χ3v) is 2.38. The highest BCUT2D eigenvalue weighted by molar-refractivity contribution is 5.89. The summed E-state index contributed by atoms with van der Waals surface area (Å²) in [6, 6.07) is 1.79. The van der Waals surface area contributed by atoms with Crippen LogP contribution in [0.25, 0.3) is 11.5 Å². The van der Waals surface area contributed by atoms with E-state index in [-0.39, 0.29) is 5.69 Å². The van der Waals surface area contributed by atoms with Gasteiger partial charge in [0.05, 0.1) is 6.61 Å². The van der Waals surface area contributed by atoms with Gasteiger partial charge in [-0.15, -0.1) is 0 Å². The fraction of sp³-hybridized carbons (Fsp3) is 0.333. The van der Waals surface area contributed by atoms with E-state index in [2.05, 4.69) is 15.1 Å².